The maximum absolute atomic E-state index is 15.3. The third-order valence-corrected chi connectivity index (χ3v) is 15.6. The molecule has 26 heteroatoms. The first-order valence-corrected chi connectivity index (χ1v) is 29.8. The highest BCUT2D eigenvalue weighted by Crippen LogP contribution is 2.32. The molecule has 4 aromatic carbocycles. The minimum atomic E-state index is -0.967. The Morgan fingerprint density at radius 2 is 1.03 bits per heavy atom. The van der Waals surface area contributed by atoms with E-state index in [1.807, 2.05) is 0 Å². The van der Waals surface area contributed by atoms with E-state index in [1.165, 1.54) is 72.3 Å². The molecule has 0 amide bonds. The number of halogens is 4. The Balaban J connectivity index is 0.000000199. The molecule has 10 aromatic rings. The normalized spacial score (nSPS) is 11.5. The van der Waals surface area contributed by atoms with Crippen molar-refractivity contribution in [3.8, 4) is 46.3 Å². The van der Waals surface area contributed by atoms with Crippen LogP contribution in [0.1, 0.15) is 87.2 Å². The number of pyridine rings is 4. The van der Waals surface area contributed by atoms with Crippen LogP contribution >= 0.6 is 27.5 Å². The first-order valence-electron chi connectivity index (χ1n) is 28.6. The maximum Gasteiger partial charge on any atom is 0.290 e. The van der Waals surface area contributed by atoms with Gasteiger partial charge in [-0.25, -0.2) is 28.1 Å². The maximum atomic E-state index is 15.3. The number of aryl methyl sites for hydroxylation is 2. The number of nitrogens with zero attached hydrogens (tertiary/aromatic N) is 10. The first kappa shape index (κ1) is 69.3. The molecular formula is C68H62BrClF2N12O10. The van der Waals surface area contributed by atoms with Gasteiger partial charge in [0.25, 0.3) is 22.2 Å². The van der Waals surface area contributed by atoms with E-state index in [1.54, 1.807) is 140 Å². The van der Waals surface area contributed by atoms with E-state index in [4.69, 9.17) is 21.1 Å². The lowest BCUT2D eigenvalue weighted by atomic mass is 9.85. The summed E-state index contributed by atoms with van der Waals surface area (Å²) in [6.45, 7) is 13.4. The Kier molecular flexibility index (Phi) is 20.7. The number of hydrogen-bond donors (Lipinski definition) is 4. The lowest BCUT2D eigenvalue weighted by molar-refractivity contribution is 0.0409. The summed E-state index contributed by atoms with van der Waals surface area (Å²) in [5.74, 6) is 0.274. The Hall–Kier alpha value is -10.6. The second-order valence-corrected chi connectivity index (χ2v) is 24.9. The second-order valence-electron chi connectivity index (χ2n) is 23.7. The average Bonchev–Trinajstić information content (AvgIpc) is 0.766. The third-order valence-electron chi connectivity index (χ3n) is 14.7. The number of aromatic nitrogens is 8. The molecule has 0 unspecified atom stereocenters. The largest absolute Gasteiger partial charge is 0.484 e. The van der Waals surface area contributed by atoms with Crippen LogP contribution in [0.3, 0.4) is 0 Å². The van der Waals surface area contributed by atoms with E-state index in [2.05, 4.69) is 58.9 Å². The Bertz CT molecular complexity index is 4920. The summed E-state index contributed by atoms with van der Waals surface area (Å²) < 4.78 is 46.6. The number of aliphatic hydroxyl groups is 2. The van der Waals surface area contributed by atoms with Crippen molar-refractivity contribution in [3.63, 3.8) is 0 Å². The number of nitriles is 2. The summed E-state index contributed by atoms with van der Waals surface area (Å²) in [4.78, 5) is 83.8. The highest BCUT2D eigenvalue weighted by atomic mass is 79.9. The van der Waals surface area contributed by atoms with Crippen molar-refractivity contribution in [2.45, 2.75) is 77.4 Å². The van der Waals surface area contributed by atoms with Crippen molar-refractivity contribution in [2.24, 2.45) is 14.1 Å². The quantitative estimate of drug-likeness (QED) is 0.0616. The number of rotatable bonds is 17. The van der Waals surface area contributed by atoms with Crippen LogP contribution in [0.2, 0.25) is 5.15 Å². The van der Waals surface area contributed by atoms with Crippen LogP contribution in [0.5, 0.6) is 11.5 Å². The Morgan fingerprint density at radius 3 is 1.46 bits per heavy atom. The standard InChI is InChI=1S/C34H31FN6O5.C20H14BrFN2O2.C14H17ClN4O3/c1-33(2,18-36)21-13-20-11-12-41(32(45)30(20)25(35)14-21)28-8-6-7-23(24(28)17-42)26-15-27(31(44)40(5)39-26)38-29-10-9-22(16-37-29)46-34(3,4)19-43;1-20(2,11-23)13-8-12-6-7-24(19(26)18(12)16(22)9-13)17-5-3-4-15(21)14(17)10-25;1-14(2,8-20)22-9-4-5-12(16-7-9)17-10-6-11(15)18-19(3)13(10)21/h6-17,43H,19H2,1-5H3,(H,37,38);3-10H,1-2H3;4-7,20H,8H2,1-3H3,(H,16,17). The Morgan fingerprint density at radius 1 is 0.596 bits per heavy atom. The summed E-state index contributed by atoms with van der Waals surface area (Å²) >= 11 is 9.11. The monoisotopic (exact) mass is 1360 g/mol. The summed E-state index contributed by atoms with van der Waals surface area (Å²) in [5.41, 5.74) is -2.51. The van der Waals surface area contributed by atoms with Gasteiger partial charge in [-0.2, -0.15) is 20.7 Å². The van der Waals surface area contributed by atoms with Gasteiger partial charge in [0.15, 0.2) is 17.7 Å². The van der Waals surface area contributed by atoms with Crippen molar-refractivity contribution in [3.05, 3.63) is 219 Å². The van der Waals surface area contributed by atoms with Crippen LogP contribution in [0.4, 0.5) is 31.8 Å². The van der Waals surface area contributed by atoms with Gasteiger partial charge in [0.05, 0.1) is 82.0 Å². The van der Waals surface area contributed by atoms with E-state index >= 15 is 4.39 Å². The molecule has 0 spiro atoms. The van der Waals surface area contributed by atoms with Crippen LogP contribution in [0.15, 0.2) is 158 Å². The van der Waals surface area contributed by atoms with E-state index in [-0.39, 0.29) is 63.0 Å². The molecule has 0 aliphatic rings. The molecule has 94 heavy (non-hydrogen) atoms. The highest BCUT2D eigenvalue weighted by molar-refractivity contribution is 9.10. The van der Waals surface area contributed by atoms with E-state index in [0.717, 1.165) is 9.36 Å². The zero-order valence-electron chi connectivity index (χ0n) is 52.4. The summed E-state index contributed by atoms with van der Waals surface area (Å²) in [5, 5.41) is 52.1. The van der Waals surface area contributed by atoms with E-state index in [9.17, 15) is 53.9 Å². The van der Waals surface area contributed by atoms with E-state index in [0.29, 0.717) is 78.9 Å². The average molecular weight is 1360 g/mol. The predicted octanol–water partition coefficient (Wildman–Crippen LogP) is 11.0. The van der Waals surface area contributed by atoms with Gasteiger partial charge in [-0.05, 0) is 178 Å². The van der Waals surface area contributed by atoms with Crippen LogP contribution in [0.25, 0.3) is 44.2 Å². The molecule has 6 aromatic heterocycles. The fraction of sp³-hybridized carbons (Fsp3) is 0.235. The van der Waals surface area contributed by atoms with Crippen molar-refractivity contribution in [1.82, 2.24) is 38.7 Å². The van der Waals surface area contributed by atoms with Crippen molar-refractivity contribution >= 4 is 84.7 Å². The predicted molar refractivity (Wildman–Crippen MR) is 356 cm³/mol. The summed E-state index contributed by atoms with van der Waals surface area (Å²) in [6, 6.07) is 32.4. The number of nitrogens with one attached hydrogen (secondary N) is 2. The lowest BCUT2D eigenvalue weighted by Crippen LogP contribution is -2.32. The number of fused-ring (bicyclic) bond motifs is 2. The van der Waals surface area contributed by atoms with Crippen molar-refractivity contribution < 1.29 is 38.1 Å². The lowest BCUT2D eigenvalue weighted by Gasteiger charge is -2.23. The zero-order valence-corrected chi connectivity index (χ0v) is 54.8. The minimum Gasteiger partial charge on any atom is -0.484 e. The number of ether oxygens (including phenoxy) is 2. The van der Waals surface area contributed by atoms with Gasteiger partial charge in [-0.3, -0.25) is 37.9 Å². The first-order chi connectivity index (χ1) is 44.4. The molecular weight excluding hydrogens is 1300 g/mol. The highest BCUT2D eigenvalue weighted by Gasteiger charge is 2.26. The SMILES string of the molecule is CC(C)(C#N)c1cc(F)c2c(=O)n(-c3cccc(Br)c3C=O)ccc2c1.Cn1nc(-c2cccc(-n3ccc4cc(C(C)(C)C#N)cc(F)c4c3=O)c2C=O)cc(Nc2ccc(OC(C)(C)CO)cn2)c1=O.Cn1nc(Cl)cc(Nc2ccc(OC(C)(C)CO)cn2)c1=O. The molecule has 0 aliphatic heterocycles. The zero-order chi connectivity index (χ0) is 68.8. The number of hydrogen-bond acceptors (Lipinski definition) is 18. The number of carbonyl (C=O) groups is 2. The molecule has 10 rings (SSSR count). The van der Waals surface area contributed by atoms with Gasteiger partial charge in [0.1, 0.15) is 57.3 Å². The molecule has 0 saturated carbocycles. The van der Waals surface area contributed by atoms with Crippen LogP contribution < -0.4 is 42.3 Å². The third kappa shape index (κ3) is 15.3. The fourth-order valence-corrected chi connectivity index (χ4v) is 10.0. The minimum absolute atomic E-state index is 0.0817. The molecule has 22 nitrogen and oxygen atoms in total. The van der Waals surface area contributed by atoms with Crippen LogP contribution in [-0.4, -0.2) is 85.9 Å². The molecule has 0 aliphatic carbocycles. The molecule has 0 fully saturated rings. The Labute approximate surface area is 549 Å². The second kappa shape index (κ2) is 28.1. The molecule has 0 bridgehead atoms. The molecule has 0 radical (unpaired) electrons. The van der Waals surface area contributed by atoms with Gasteiger partial charge in [0.2, 0.25) is 0 Å². The van der Waals surface area contributed by atoms with Crippen LogP contribution in [0, 0.1) is 34.3 Å². The number of aliphatic hydroxyl groups excluding tert-OH is 2. The topological polar surface area (TPSA) is 304 Å². The summed E-state index contributed by atoms with van der Waals surface area (Å²) in [7, 11) is 2.97. The molecule has 0 atom stereocenters. The number of aldehydes is 2. The van der Waals surface area contributed by atoms with Gasteiger partial charge >= 0.3 is 0 Å². The molecule has 6 heterocycles. The van der Waals surface area contributed by atoms with Gasteiger partial charge in [-0.15, -0.1) is 0 Å². The van der Waals surface area contributed by atoms with Gasteiger partial charge < -0.3 is 30.3 Å². The number of carbonyl (C=O) groups excluding carboxylic acids is 2. The van der Waals surface area contributed by atoms with E-state index < -0.39 is 50.3 Å². The number of anilines is 4. The van der Waals surface area contributed by atoms with Crippen molar-refractivity contribution in [2.75, 3.05) is 23.8 Å². The fourth-order valence-electron chi connectivity index (χ4n) is 9.35. The smallest absolute Gasteiger partial charge is 0.290 e. The van der Waals surface area contributed by atoms with Gasteiger partial charge in [-0.1, -0.05) is 29.8 Å². The van der Waals surface area contributed by atoms with Crippen molar-refractivity contribution in [1.29, 1.82) is 10.5 Å². The molecule has 482 valence electrons. The summed E-state index contributed by atoms with van der Waals surface area (Å²) in [6.07, 6.45) is 7.13. The number of benzene rings is 4. The van der Waals surface area contributed by atoms with Crippen LogP contribution in [-0.2, 0) is 24.9 Å². The molecule has 4 N–H and O–H groups in total. The van der Waals surface area contributed by atoms with Gasteiger partial charge in [0, 0.05) is 48.2 Å². The molecule has 0 saturated heterocycles.